The number of aromatic nitrogens is 1. The SMILES string of the molecule is C/C(=N\OCc1ccc(C(F)(F)F)cc1)c1ccc(OCC(=O)O)nc1. The van der Waals surface area contributed by atoms with Gasteiger partial charge < -0.3 is 14.7 Å². The standard InChI is InChI=1S/C17H15F3N2O4/c1-11(13-4-7-15(21-8-13)25-10-16(23)24)22-26-9-12-2-5-14(6-3-12)17(18,19)20/h2-8H,9-10H2,1H3,(H,23,24)/b22-11+. The fourth-order valence-electron chi connectivity index (χ4n) is 1.86. The monoisotopic (exact) mass is 368 g/mol. The largest absolute Gasteiger partial charge is 0.479 e. The highest BCUT2D eigenvalue weighted by molar-refractivity contribution is 5.98. The van der Waals surface area contributed by atoms with Crippen LogP contribution in [0, 0.1) is 0 Å². The van der Waals surface area contributed by atoms with E-state index in [9.17, 15) is 18.0 Å². The lowest BCUT2D eigenvalue weighted by Gasteiger charge is -2.07. The Morgan fingerprint density at radius 3 is 2.42 bits per heavy atom. The van der Waals surface area contributed by atoms with Gasteiger partial charge in [-0.2, -0.15) is 13.2 Å². The number of carboxylic acid groups (broad SMARTS) is 1. The number of carbonyl (C=O) groups is 1. The van der Waals surface area contributed by atoms with E-state index in [-0.39, 0.29) is 12.5 Å². The number of halogens is 3. The van der Waals surface area contributed by atoms with E-state index >= 15 is 0 Å². The summed E-state index contributed by atoms with van der Waals surface area (Å²) in [5, 5.41) is 12.4. The van der Waals surface area contributed by atoms with E-state index < -0.39 is 24.3 Å². The second kappa shape index (κ2) is 8.32. The van der Waals surface area contributed by atoms with Crippen molar-refractivity contribution >= 4 is 11.7 Å². The van der Waals surface area contributed by atoms with E-state index in [0.29, 0.717) is 16.8 Å². The summed E-state index contributed by atoms with van der Waals surface area (Å²) in [7, 11) is 0. The smallest absolute Gasteiger partial charge is 0.416 e. The van der Waals surface area contributed by atoms with Crippen LogP contribution < -0.4 is 4.74 Å². The minimum Gasteiger partial charge on any atom is -0.479 e. The zero-order valence-corrected chi connectivity index (χ0v) is 13.7. The third-order valence-corrected chi connectivity index (χ3v) is 3.21. The Hall–Kier alpha value is -3.10. The summed E-state index contributed by atoms with van der Waals surface area (Å²) in [4.78, 5) is 19.5. The fourth-order valence-corrected chi connectivity index (χ4v) is 1.86. The van der Waals surface area contributed by atoms with Crippen molar-refractivity contribution in [2.75, 3.05) is 6.61 Å². The van der Waals surface area contributed by atoms with E-state index in [1.165, 1.54) is 24.4 Å². The molecule has 0 aliphatic carbocycles. The summed E-state index contributed by atoms with van der Waals surface area (Å²) in [6.07, 6.45) is -2.93. The number of hydrogen-bond donors (Lipinski definition) is 1. The Kier molecular flexibility index (Phi) is 6.16. The van der Waals surface area contributed by atoms with Gasteiger partial charge in [-0.25, -0.2) is 9.78 Å². The van der Waals surface area contributed by atoms with Gasteiger partial charge in [0.2, 0.25) is 5.88 Å². The second-order valence-corrected chi connectivity index (χ2v) is 5.21. The van der Waals surface area contributed by atoms with Crippen molar-refractivity contribution in [2.45, 2.75) is 19.7 Å². The predicted molar refractivity (Wildman–Crippen MR) is 85.8 cm³/mol. The fraction of sp³-hybridized carbons (Fsp3) is 0.235. The topological polar surface area (TPSA) is 81.0 Å². The van der Waals surface area contributed by atoms with Crippen molar-refractivity contribution in [3.05, 3.63) is 59.3 Å². The molecule has 0 saturated carbocycles. The lowest BCUT2D eigenvalue weighted by atomic mass is 10.1. The van der Waals surface area contributed by atoms with Crippen molar-refractivity contribution in [1.82, 2.24) is 4.98 Å². The van der Waals surface area contributed by atoms with Crippen LogP contribution in [0.3, 0.4) is 0 Å². The van der Waals surface area contributed by atoms with Crippen LogP contribution in [0.5, 0.6) is 5.88 Å². The van der Waals surface area contributed by atoms with Crippen LogP contribution >= 0.6 is 0 Å². The predicted octanol–water partition coefficient (Wildman–Crippen LogP) is 3.50. The maximum Gasteiger partial charge on any atom is 0.416 e. The first kappa shape index (κ1) is 19.2. The second-order valence-electron chi connectivity index (χ2n) is 5.21. The van der Waals surface area contributed by atoms with Crippen LogP contribution in [-0.2, 0) is 22.4 Å². The van der Waals surface area contributed by atoms with E-state index in [1.807, 2.05) is 0 Å². The molecule has 0 saturated heterocycles. The van der Waals surface area contributed by atoms with Crippen LogP contribution in [0.15, 0.2) is 47.8 Å². The molecule has 0 bridgehead atoms. The summed E-state index contributed by atoms with van der Waals surface area (Å²) in [6, 6.07) is 7.73. The van der Waals surface area contributed by atoms with Gasteiger partial charge in [-0.1, -0.05) is 17.3 Å². The molecule has 1 aromatic heterocycles. The van der Waals surface area contributed by atoms with E-state index in [1.54, 1.807) is 13.0 Å². The van der Waals surface area contributed by atoms with Gasteiger partial charge in [-0.3, -0.25) is 0 Å². The summed E-state index contributed by atoms with van der Waals surface area (Å²) in [5.41, 5.74) is 0.941. The zero-order chi connectivity index (χ0) is 19.2. The molecule has 6 nitrogen and oxygen atoms in total. The van der Waals surface area contributed by atoms with Gasteiger partial charge in [0.25, 0.3) is 0 Å². The molecule has 1 N–H and O–H groups in total. The highest BCUT2D eigenvalue weighted by atomic mass is 19.4. The third-order valence-electron chi connectivity index (χ3n) is 3.21. The quantitative estimate of drug-likeness (QED) is 0.598. The molecule has 1 aromatic carbocycles. The molecule has 138 valence electrons. The Balaban J connectivity index is 1.90. The Morgan fingerprint density at radius 2 is 1.88 bits per heavy atom. The average molecular weight is 368 g/mol. The zero-order valence-electron chi connectivity index (χ0n) is 13.7. The molecule has 1 heterocycles. The summed E-state index contributed by atoms with van der Waals surface area (Å²) < 4.78 is 42.4. The number of pyridine rings is 1. The molecule has 26 heavy (non-hydrogen) atoms. The van der Waals surface area contributed by atoms with Gasteiger partial charge in [-0.05, 0) is 30.7 Å². The van der Waals surface area contributed by atoms with Crippen molar-refractivity contribution in [2.24, 2.45) is 5.16 Å². The molecule has 2 aromatic rings. The highest BCUT2D eigenvalue weighted by Crippen LogP contribution is 2.29. The van der Waals surface area contributed by atoms with E-state index in [2.05, 4.69) is 10.1 Å². The number of alkyl halides is 3. The molecule has 0 fully saturated rings. The van der Waals surface area contributed by atoms with Crippen LogP contribution in [0.1, 0.15) is 23.6 Å². The minimum atomic E-state index is -4.37. The van der Waals surface area contributed by atoms with Crippen molar-refractivity contribution in [3.63, 3.8) is 0 Å². The molecule has 0 radical (unpaired) electrons. The maximum atomic E-state index is 12.5. The van der Waals surface area contributed by atoms with E-state index in [0.717, 1.165) is 12.1 Å². The van der Waals surface area contributed by atoms with Crippen LogP contribution in [-0.4, -0.2) is 28.4 Å². The normalized spacial score (nSPS) is 11.9. The highest BCUT2D eigenvalue weighted by Gasteiger charge is 2.29. The number of ether oxygens (including phenoxy) is 1. The minimum absolute atomic E-state index is 0.0166. The molecule has 0 amide bonds. The van der Waals surface area contributed by atoms with Crippen LogP contribution in [0.25, 0.3) is 0 Å². The van der Waals surface area contributed by atoms with E-state index in [4.69, 9.17) is 14.7 Å². The third kappa shape index (κ3) is 5.76. The summed E-state index contributed by atoms with van der Waals surface area (Å²) in [6.45, 7) is 1.19. The number of carboxylic acids is 1. The van der Waals surface area contributed by atoms with Crippen LogP contribution in [0.2, 0.25) is 0 Å². The number of nitrogens with zero attached hydrogens (tertiary/aromatic N) is 2. The molecular weight excluding hydrogens is 353 g/mol. The number of rotatable bonds is 7. The van der Waals surface area contributed by atoms with Gasteiger partial charge >= 0.3 is 12.1 Å². The molecule has 0 aliphatic rings. The lowest BCUT2D eigenvalue weighted by Crippen LogP contribution is -2.10. The van der Waals surface area contributed by atoms with Gasteiger partial charge in [0.05, 0.1) is 11.3 Å². The summed E-state index contributed by atoms with van der Waals surface area (Å²) >= 11 is 0. The summed E-state index contributed by atoms with van der Waals surface area (Å²) in [5.74, 6) is -0.945. The van der Waals surface area contributed by atoms with Gasteiger partial charge in [0, 0.05) is 17.8 Å². The first-order valence-electron chi connectivity index (χ1n) is 7.39. The molecule has 2 rings (SSSR count). The average Bonchev–Trinajstić information content (AvgIpc) is 2.60. The molecule has 0 aliphatic heterocycles. The van der Waals surface area contributed by atoms with Crippen molar-refractivity contribution in [3.8, 4) is 5.88 Å². The molecular formula is C17H15F3N2O4. The molecule has 0 unspecified atom stereocenters. The Labute approximate surface area is 146 Å². The van der Waals surface area contributed by atoms with Crippen molar-refractivity contribution < 1.29 is 32.6 Å². The lowest BCUT2D eigenvalue weighted by molar-refractivity contribution is -0.139. The number of benzene rings is 1. The number of hydrogen-bond acceptors (Lipinski definition) is 5. The molecule has 9 heteroatoms. The molecule has 0 atom stereocenters. The van der Waals surface area contributed by atoms with Crippen molar-refractivity contribution in [1.29, 1.82) is 0 Å². The van der Waals surface area contributed by atoms with Gasteiger partial charge in [0.1, 0.15) is 6.61 Å². The van der Waals surface area contributed by atoms with Crippen LogP contribution in [0.4, 0.5) is 13.2 Å². The maximum absolute atomic E-state index is 12.5. The Morgan fingerprint density at radius 1 is 1.19 bits per heavy atom. The number of oxime groups is 1. The van der Waals surface area contributed by atoms with Gasteiger partial charge in [0.15, 0.2) is 6.61 Å². The number of aliphatic carboxylic acids is 1. The molecule has 0 spiro atoms. The van der Waals surface area contributed by atoms with Gasteiger partial charge in [-0.15, -0.1) is 0 Å². The Bertz CT molecular complexity index is 772. The first-order valence-corrected chi connectivity index (χ1v) is 7.39. The first-order chi connectivity index (χ1) is 12.3.